The maximum absolute atomic E-state index is 13.4. The lowest BCUT2D eigenvalue weighted by Crippen LogP contribution is -2.41. The molecule has 0 spiro atoms. The molecule has 1 fully saturated rings. The van der Waals surface area contributed by atoms with Crippen LogP contribution in [-0.2, 0) is 11.3 Å². The van der Waals surface area contributed by atoms with Crippen molar-refractivity contribution in [1.82, 2.24) is 10.2 Å². The number of aliphatic imine (C=N–C) groups is 1. The van der Waals surface area contributed by atoms with Crippen LogP contribution in [0.5, 0.6) is 0 Å². The van der Waals surface area contributed by atoms with Gasteiger partial charge in [-0.05, 0) is 31.5 Å². The molecule has 0 amide bonds. The monoisotopic (exact) mass is 333 g/mol. The van der Waals surface area contributed by atoms with E-state index in [1.54, 1.807) is 13.1 Å². The van der Waals surface area contributed by atoms with Gasteiger partial charge in [-0.25, -0.2) is 4.39 Å². The van der Waals surface area contributed by atoms with E-state index >= 15 is 0 Å². The molecule has 0 bridgehead atoms. The van der Waals surface area contributed by atoms with E-state index < -0.39 is 0 Å². The summed E-state index contributed by atoms with van der Waals surface area (Å²) in [6.45, 7) is 5.03. The van der Waals surface area contributed by atoms with Gasteiger partial charge >= 0.3 is 0 Å². The summed E-state index contributed by atoms with van der Waals surface area (Å²) in [5, 5.41) is 4.14. The van der Waals surface area contributed by atoms with Crippen molar-refractivity contribution in [3.8, 4) is 0 Å². The molecule has 5 nitrogen and oxygen atoms in total. The molecule has 6 heteroatoms. The highest BCUT2D eigenvalue weighted by atomic mass is 19.1. The largest absolute Gasteiger partial charge is 0.459 e. The Morgan fingerprint density at radius 3 is 3.00 bits per heavy atom. The average Bonchev–Trinajstić information content (AvgIpc) is 3.17. The molecule has 2 heterocycles. The molecule has 3 rings (SSSR count). The third-order valence-electron chi connectivity index (χ3n) is 4.53. The molecule has 0 aliphatic carbocycles. The molecule has 1 aromatic carbocycles. The fourth-order valence-corrected chi connectivity index (χ4v) is 3.16. The fourth-order valence-electron chi connectivity index (χ4n) is 3.16. The summed E-state index contributed by atoms with van der Waals surface area (Å²) in [7, 11) is 3.79. The Morgan fingerprint density at radius 2 is 2.29 bits per heavy atom. The highest BCUT2D eigenvalue weighted by molar-refractivity contribution is 5.83. The normalized spacial score (nSPS) is 18.3. The van der Waals surface area contributed by atoms with Crippen molar-refractivity contribution in [2.75, 3.05) is 33.9 Å². The minimum atomic E-state index is -0.250. The summed E-state index contributed by atoms with van der Waals surface area (Å²) >= 11 is 0. The van der Waals surface area contributed by atoms with E-state index in [2.05, 4.69) is 15.2 Å². The Bertz CT molecular complexity index is 735. The number of nitrogens with zero attached hydrogens (tertiary/aromatic N) is 2. The zero-order valence-corrected chi connectivity index (χ0v) is 14.4. The lowest BCUT2D eigenvalue weighted by Gasteiger charge is -2.24. The number of halogens is 1. The number of rotatable bonds is 4. The number of guanidine groups is 1. The predicted molar refractivity (Wildman–Crippen MR) is 92.7 cm³/mol. The topological polar surface area (TPSA) is 50.0 Å². The van der Waals surface area contributed by atoms with Crippen molar-refractivity contribution < 1.29 is 13.5 Å². The van der Waals surface area contributed by atoms with Crippen molar-refractivity contribution in [2.45, 2.75) is 19.9 Å². The number of nitrogens with one attached hydrogen (secondary N) is 1. The van der Waals surface area contributed by atoms with Crippen LogP contribution in [0.4, 0.5) is 4.39 Å². The predicted octanol–water partition coefficient (Wildman–Crippen LogP) is 2.92. The number of benzene rings is 1. The van der Waals surface area contributed by atoms with Crippen molar-refractivity contribution >= 4 is 16.9 Å². The summed E-state index contributed by atoms with van der Waals surface area (Å²) < 4.78 is 24.7. The molecule has 130 valence electrons. The van der Waals surface area contributed by atoms with Crippen molar-refractivity contribution in [3.63, 3.8) is 0 Å². The third-order valence-corrected chi connectivity index (χ3v) is 4.53. The average molecular weight is 333 g/mol. The quantitative estimate of drug-likeness (QED) is 0.690. The Morgan fingerprint density at radius 1 is 1.46 bits per heavy atom. The van der Waals surface area contributed by atoms with E-state index in [0.29, 0.717) is 18.0 Å². The molecular formula is C18H24FN3O2. The van der Waals surface area contributed by atoms with Gasteiger partial charge in [0, 0.05) is 44.1 Å². The van der Waals surface area contributed by atoms with Crippen LogP contribution in [0.1, 0.15) is 17.7 Å². The molecule has 1 aliphatic heterocycles. The van der Waals surface area contributed by atoms with Crippen LogP contribution in [0, 0.1) is 18.7 Å². The molecule has 2 aromatic rings. The van der Waals surface area contributed by atoms with Crippen LogP contribution in [0.25, 0.3) is 11.0 Å². The third kappa shape index (κ3) is 3.53. The summed E-state index contributed by atoms with van der Waals surface area (Å²) in [5.41, 5.74) is 1.66. The molecule has 24 heavy (non-hydrogen) atoms. The van der Waals surface area contributed by atoms with Gasteiger partial charge in [-0.3, -0.25) is 4.99 Å². The van der Waals surface area contributed by atoms with Crippen LogP contribution in [0.2, 0.25) is 0 Å². The number of aryl methyl sites for hydroxylation is 1. The molecule has 1 unspecified atom stereocenters. The Hall–Kier alpha value is -2.08. The number of furan rings is 1. The number of ether oxygens (including phenoxy) is 1. The second-order valence-corrected chi connectivity index (χ2v) is 6.30. The van der Waals surface area contributed by atoms with Crippen molar-refractivity contribution in [2.24, 2.45) is 10.9 Å². The fraction of sp³-hybridized carbons (Fsp3) is 0.500. The molecule has 1 N–H and O–H groups in total. The second-order valence-electron chi connectivity index (χ2n) is 6.30. The maximum Gasteiger partial charge on any atom is 0.193 e. The molecule has 1 saturated heterocycles. The van der Waals surface area contributed by atoms with Crippen molar-refractivity contribution in [3.05, 3.63) is 35.3 Å². The van der Waals surface area contributed by atoms with E-state index in [1.165, 1.54) is 12.1 Å². The SMILES string of the molecule is CN=C(NCc1oc2ccc(F)cc2c1C)N(C)CC1CCOC1. The molecule has 1 aromatic heterocycles. The van der Waals surface area contributed by atoms with Crippen LogP contribution >= 0.6 is 0 Å². The Balaban J connectivity index is 1.66. The highest BCUT2D eigenvalue weighted by Gasteiger charge is 2.19. The first-order valence-electron chi connectivity index (χ1n) is 8.25. The minimum Gasteiger partial charge on any atom is -0.459 e. The number of hydrogen-bond acceptors (Lipinski definition) is 3. The number of hydrogen-bond donors (Lipinski definition) is 1. The van der Waals surface area contributed by atoms with Crippen molar-refractivity contribution in [1.29, 1.82) is 0 Å². The summed E-state index contributed by atoms with van der Waals surface area (Å²) in [6.07, 6.45) is 1.09. The van der Waals surface area contributed by atoms with E-state index in [9.17, 15) is 4.39 Å². The van der Waals surface area contributed by atoms with Crippen LogP contribution in [0.15, 0.2) is 27.6 Å². The zero-order valence-electron chi connectivity index (χ0n) is 14.4. The zero-order chi connectivity index (χ0) is 17.1. The van der Waals surface area contributed by atoms with Gasteiger partial charge in [-0.1, -0.05) is 0 Å². The first-order valence-corrected chi connectivity index (χ1v) is 8.25. The molecule has 1 atom stereocenters. The summed E-state index contributed by atoms with van der Waals surface area (Å²) in [6, 6.07) is 4.60. The van der Waals surface area contributed by atoms with Gasteiger partial charge < -0.3 is 19.4 Å². The molecular weight excluding hydrogens is 309 g/mol. The lowest BCUT2D eigenvalue weighted by atomic mass is 10.1. The first-order chi connectivity index (χ1) is 11.6. The van der Waals surface area contributed by atoms with Crippen LogP contribution < -0.4 is 5.32 Å². The lowest BCUT2D eigenvalue weighted by molar-refractivity contribution is 0.181. The highest BCUT2D eigenvalue weighted by Crippen LogP contribution is 2.25. The van der Waals surface area contributed by atoms with Gasteiger partial charge in [0.15, 0.2) is 5.96 Å². The minimum absolute atomic E-state index is 0.250. The van der Waals surface area contributed by atoms with Gasteiger partial charge in [-0.15, -0.1) is 0 Å². The molecule has 0 saturated carbocycles. The van der Waals surface area contributed by atoms with Gasteiger partial charge in [0.2, 0.25) is 0 Å². The number of fused-ring (bicyclic) bond motifs is 1. The second kappa shape index (κ2) is 7.21. The smallest absolute Gasteiger partial charge is 0.193 e. The standard InChI is InChI=1S/C18H24FN3O2/c1-12-15-8-14(19)4-5-16(15)24-17(12)9-21-18(20-2)22(3)10-13-6-7-23-11-13/h4-5,8,13H,6-7,9-11H2,1-3H3,(H,20,21). The summed E-state index contributed by atoms with van der Waals surface area (Å²) in [4.78, 5) is 6.44. The molecule has 0 radical (unpaired) electrons. The van der Waals surface area contributed by atoms with E-state index in [-0.39, 0.29) is 5.82 Å². The van der Waals surface area contributed by atoms with Gasteiger partial charge in [-0.2, -0.15) is 0 Å². The van der Waals surface area contributed by atoms with Gasteiger partial charge in [0.05, 0.1) is 13.2 Å². The van der Waals surface area contributed by atoms with E-state index in [1.807, 2.05) is 14.0 Å². The summed E-state index contributed by atoms with van der Waals surface area (Å²) in [5.74, 6) is 1.91. The van der Waals surface area contributed by atoms with Gasteiger partial charge in [0.1, 0.15) is 17.2 Å². The van der Waals surface area contributed by atoms with E-state index in [4.69, 9.17) is 9.15 Å². The van der Waals surface area contributed by atoms with Gasteiger partial charge in [0.25, 0.3) is 0 Å². The Kier molecular flexibility index (Phi) is 5.04. The van der Waals surface area contributed by atoms with E-state index in [0.717, 1.165) is 48.8 Å². The maximum atomic E-state index is 13.4. The van der Waals surface area contributed by atoms with Crippen LogP contribution in [-0.4, -0.2) is 44.7 Å². The molecule has 1 aliphatic rings. The Labute approximate surface area is 141 Å². The first kappa shape index (κ1) is 16.8. The van der Waals surface area contributed by atoms with Crippen LogP contribution in [0.3, 0.4) is 0 Å².